The van der Waals surface area contributed by atoms with Crippen LogP contribution in [-0.2, 0) is 0 Å². The molecule has 0 aromatic rings. The van der Waals surface area contributed by atoms with E-state index in [1.54, 1.807) is 0 Å². The minimum absolute atomic E-state index is 0.461. The molecule has 0 spiro atoms. The highest BCUT2D eigenvalue weighted by Crippen LogP contribution is 2.39. The quantitative estimate of drug-likeness (QED) is 0.620. The summed E-state index contributed by atoms with van der Waals surface area (Å²) >= 11 is 0. The molecule has 2 bridgehead atoms. The molecule has 12 heavy (non-hydrogen) atoms. The SMILES string of the molecule is C=CCC12CCCC(CCN1)C2. The molecule has 68 valence electrons. The predicted molar refractivity (Wildman–Crippen MR) is 52.1 cm³/mol. The van der Waals surface area contributed by atoms with Gasteiger partial charge in [-0.05, 0) is 38.1 Å². The number of rotatable bonds is 2. The Morgan fingerprint density at radius 1 is 1.50 bits per heavy atom. The monoisotopic (exact) mass is 165 g/mol. The molecule has 2 aliphatic rings. The van der Waals surface area contributed by atoms with Gasteiger partial charge in [0.2, 0.25) is 0 Å². The Labute approximate surface area is 75.2 Å². The fraction of sp³-hybridized carbons (Fsp3) is 0.818. The van der Waals surface area contributed by atoms with Gasteiger partial charge < -0.3 is 5.32 Å². The number of nitrogens with one attached hydrogen (secondary N) is 1. The summed E-state index contributed by atoms with van der Waals surface area (Å²) in [4.78, 5) is 0. The largest absolute Gasteiger partial charge is 0.311 e. The van der Waals surface area contributed by atoms with Gasteiger partial charge in [0.15, 0.2) is 0 Å². The van der Waals surface area contributed by atoms with Gasteiger partial charge in [-0.1, -0.05) is 18.9 Å². The van der Waals surface area contributed by atoms with Gasteiger partial charge >= 0.3 is 0 Å². The first-order valence-electron chi connectivity index (χ1n) is 5.21. The zero-order valence-electron chi connectivity index (χ0n) is 7.81. The molecular formula is C11H19N. The van der Waals surface area contributed by atoms with E-state index in [-0.39, 0.29) is 0 Å². The fourth-order valence-electron chi connectivity index (χ4n) is 2.97. The van der Waals surface area contributed by atoms with Crippen LogP contribution in [0.25, 0.3) is 0 Å². The van der Waals surface area contributed by atoms with E-state index in [9.17, 15) is 0 Å². The van der Waals surface area contributed by atoms with Gasteiger partial charge in [0.05, 0.1) is 0 Å². The molecule has 2 fully saturated rings. The molecule has 2 unspecified atom stereocenters. The Kier molecular flexibility index (Phi) is 2.22. The van der Waals surface area contributed by atoms with E-state index in [2.05, 4.69) is 18.0 Å². The Hall–Kier alpha value is -0.300. The Balaban J connectivity index is 2.06. The van der Waals surface area contributed by atoms with Crippen LogP contribution in [0.5, 0.6) is 0 Å². The van der Waals surface area contributed by atoms with Crippen molar-refractivity contribution in [2.24, 2.45) is 5.92 Å². The summed E-state index contributed by atoms with van der Waals surface area (Å²) in [5.74, 6) is 1.01. The molecule has 1 saturated heterocycles. The zero-order chi connectivity index (χ0) is 8.44. The van der Waals surface area contributed by atoms with Crippen LogP contribution in [0.4, 0.5) is 0 Å². The number of hydrogen-bond acceptors (Lipinski definition) is 1. The molecule has 1 saturated carbocycles. The zero-order valence-corrected chi connectivity index (χ0v) is 7.81. The third kappa shape index (κ3) is 1.42. The highest BCUT2D eigenvalue weighted by atomic mass is 15.0. The molecule has 1 N–H and O–H groups in total. The van der Waals surface area contributed by atoms with Crippen LogP contribution < -0.4 is 5.32 Å². The van der Waals surface area contributed by atoms with E-state index < -0.39 is 0 Å². The first-order valence-corrected chi connectivity index (χ1v) is 5.21. The van der Waals surface area contributed by atoms with Crippen LogP contribution in [0.2, 0.25) is 0 Å². The molecule has 0 amide bonds. The third-order valence-electron chi connectivity index (χ3n) is 3.53. The van der Waals surface area contributed by atoms with Crippen molar-refractivity contribution in [2.45, 2.75) is 44.1 Å². The molecule has 2 rings (SSSR count). The summed E-state index contributed by atoms with van der Waals surface area (Å²) in [6, 6.07) is 0. The molecule has 1 heterocycles. The lowest BCUT2D eigenvalue weighted by molar-refractivity contribution is 0.131. The van der Waals surface area contributed by atoms with Crippen molar-refractivity contribution in [3.05, 3.63) is 12.7 Å². The number of hydrogen-bond donors (Lipinski definition) is 1. The average molecular weight is 165 g/mol. The van der Waals surface area contributed by atoms with Crippen molar-refractivity contribution < 1.29 is 0 Å². The summed E-state index contributed by atoms with van der Waals surface area (Å²) in [7, 11) is 0. The van der Waals surface area contributed by atoms with Gasteiger partial charge in [0, 0.05) is 5.54 Å². The minimum atomic E-state index is 0.461. The Morgan fingerprint density at radius 2 is 2.42 bits per heavy atom. The van der Waals surface area contributed by atoms with Crippen LogP contribution in [0, 0.1) is 5.92 Å². The first-order chi connectivity index (χ1) is 5.85. The second-order valence-electron chi connectivity index (χ2n) is 4.45. The molecule has 0 radical (unpaired) electrons. The van der Waals surface area contributed by atoms with Crippen LogP contribution >= 0.6 is 0 Å². The lowest BCUT2D eigenvalue weighted by atomic mass is 9.70. The van der Waals surface area contributed by atoms with Gasteiger partial charge in [0.1, 0.15) is 0 Å². The van der Waals surface area contributed by atoms with Gasteiger partial charge in [-0.2, -0.15) is 0 Å². The molecule has 1 aliphatic carbocycles. The predicted octanol–water partition coefficient (Wildman–Crippen LogP) is 2.48. The number of fused-ring (bicyclic) bond motifs is 2. The molecule has 1 aliphatic heterocycles. The van der Waals surface area contributed by atoms with Gasteiger partial charge in [-0.25, -0.2) is 0 Å². The normalized spacial score (nSPS) is 40.8. The van der Waals surface area contributed by atoms with Crippen molar-refractivity contribution >= 4 is 0 Å². The van der Waals surface area contributed by atoms with Gasteiger partial charge in [-0.15, -0.1) is 6.58 Å². The highest BCUT2D eigenvalue weighted by molar-refractivity contribution is 5.00. The van der Waals surface area contributed by atoms with E-state index in [4.69, 9.17) is 0 Å². The minimum Gasteiger partial charge on any atom is -0.311 e. The van der Waals surface area contributed by atoms with Crippen LogP contribution in [0.1, 0.15) is 38.5 Å². The summed E-state index contributed by atoms with van der Waals surface area (Å²) < 4.78 is 0. The van der Waals surface area contributed by atoms with Crippen LogP contribution in [0.3, 0.4) is 0 Å². The van der Waals surface area contributed by atoms with E-state index in [0.29, 0.717) is 5.54 Å². The average Bonchev–Trinajstić information content (AvgIpc) is 2.04. The third-order valence-corrected chi connectivity index (χ3v) is 3.53. The topological polar surface area (TPSA) is 12.0 Å². The Bertz CT molecular complexity index is 164. The molecule has 0 aromatic carbocycles. The van der Waals surface area contributed by atoms with Crippen molar-refractivity contribution in [3.8, 4) is 0 Å². The Morgan fingerprint density at radius 3 is 3.25 bits per heavy atom. The molecule has 1 heteroatoms. The van der Waals surface area contributed by atoms with Crippen LogP contribution in [0.15, 0.2) is 12.7 Å². The van der Waals surface area contributed by atoms with Crippen molar-refractivity contribution in [1.82, 2.24) is 5.32 Å². The summed E-state index contributed by atoms with van der Waals surface area (Å²) in [6.45, 7) is 5.09. The highest BCUT2D eigenvalue weighted by Gasteiger charge is 2.37. The van der Waals surface area contributed by atoms with E-state index in [0.717, 1.165) is 5.92 Å². The van der Waals surface area contributed by atoms with Gasteiger partial charge in [0.25, 0.3) is 0 Å². The lowest BCUT2D eigenvalue weighted by Gasteiger charge is -2.45. The molecule has 1 nitrogen and oxygen atoms in total. The second-order valence-corrected chi connectivity index (χ2v) is 4.45. The standard InChI is InChI=1S/C11H19N/c1-2-6-11-7-3-4-10(9-11)5-8-12-11/h2,10,12H,1,3-9H2. The van der Waals surface area contributed by atoms with Crippen molar-refractivity contribution in [2.75, 3.05) is 6.54 Å². The first kappa shape index (κ1) is 8.31. The second kappa shape index (κ2) is 3.21. The van der Waals surface area contributed by atoms with Crippen LogP contribution in [-0.4, -0.2) is 12.1 Å². The fourth-order valence-corrected chi connectivity index (χ4v) is 2.97. The van der Waals surface area contributed by atoms with Crippen molar-refractivity contribution in [1.29, 1.82) is 0 Å². The molecule has 0 aromatic heterocycles. The smallest absolute Gasteiger partial charge is 0.0218 e. The summed E-state index contributed by atoms with van der Waals surface area (Å²) in [5.41, 5.74) is 0.461. The van der Waals surface area contributed by atoms with E-state index in [1.165, 1.54) is 45.1 Å². The maximum absolute atomic E-state index is 3.86. The van der Waals surface area contributed by atoms with Crippen molar-refractivity contribution in [3.63, 3.8) is 0 Å². The van der Waals surface area contributed by atoms with E-state index >= 15 is 0 Å². The number of piperidine rings is 1. The van der Waals surface area contributed by atoms with E-state index in [1.807, 2.05) is 0 Å². The maximum Gasteiger partial charge on any atom is 0.0218 e. The maximum atomic E-state index is 3.86. The van der Waals surface area contributed by atoms with Gasteiger partial charge in [-0.3, -0.25) is 0 Å². The summed E-state index contributed by atoms with van der Waals surface area (Å²) in [6.07, 6.45) is 10.3. The lowest BCUT2D eigenvalue weighted by Crippen LogP contribution is -2.52. The summed E-state index contributed by atoms with van der Waals surface area (Å²) in [5, 5.41) is 3.69. The molecule has 2 atom stereocenters. The molecular weight excluding hydrogens is 146 g/mol.